The van der Waals surface area contributed by atoms with Gasteiger partial charge in [-0.25, -0.2) is 13.2 Å². The lowest BCUT2D eigenvalue weighted by atomic mass is 10.2. The molecule has 0 aliphatic heterocycles. The number of benzene rings is 3. The Morgan fingerprint density at radius 3 is 2.06 bits per heavy atom. The Morgan fingerprint density at radius 1 is 0.833 bits per heavy atom. The van der Waals surface area contributed by atoms with Crippen LogP contribution in [0.15, 0.2) is 77.7 Å². The van der Waals surface area contributed by atoms with Gasteiger partial charge in [0.25, 0.3) is 15.9 Å². The van der Waals surface area contributed by atoms with Crippen molar-refractivity contribution in [1.29, 1.82) is 0 Å². The fourth-order valence-electron chi connectivity index (χ4n) is 3.02. The largest absolute Gasteiger partial charge is 0.497 e. The predicted molar refractivity (Wildman–Crippen MR) is 136 cm³/mol. The summed E-state index contributed by atoms with van der Waals surface area (Å²) in [5.74, 6) is 0.127. The topological polar surface area (TPSA) is 120 Å². The number of sulfonamides is 1. The van der Waals surface area contributed by atoms with Crippen LogP contribution in [0.3, 0.4) is 0 Å². The van der Waals surface area contributed by atoms with Gasteiger partial charge in [-0.3, -0.25) is 9.52 Å². The Balaban J connectivity index is 1.49. The third-order valence-electron chi connectivity index (χ3n) is 4.98. The number of hydrogen-bond donors (Lipinski definition) is 2. The standard InChI is InChI=1S/C26H28N2O7S/c1-3-4-17-34-26(30)19-5-7-20(8-6-19)27-25(29)18-35-23-13-15-24(16-14-23)36(31,32)28-21-9-11-22(33-2)12-10-21/h5-16,28H,3-4,17-18H2,1-2H3,(H,27,29). The number of methoxy groups -OCH3 is 1. The molecule has 0 saturated heterocycles. The number of esters is 1. The van der Waals surface area contributed by atoms with E-state index in [0.717, 1.165) is 12.8 Å². The van der Waals surface area contributed by atoms with Crippen molar-refractivity contribution in [3.05, 3.63) is 78.4 Å². The molecule has 0 fully saturated rings. The van der Waals surface area contributed by atoms with Crippen LogP contribution in [0.2, 0.25) is 0 Å². The average molecular weight is 513 g/mol. The van der Waals surface area contributed by atoms with E-state index >= 15 is 0 Å². The first-order valence-electron chi connectivity index (χ1n) is 11.3. The fraction of sp³-hybridized carbons (Fsp3) is 0.231. The highest BCUT2D eigenvalue weighted by molar-refractivity contribution is 7.92. The molecule has 0 aliphatic rings. The highest BCUT2D eigenvalue weighted by Crippen LogP contribution is 2.21. The summed E-state index contributed by atoms with van der Waals surface area (Å²) in [5, 5.41) is 2.67. The summed E-state index contributed by atoms with van der Waals surface area (Å²) in [5.41, 5.74) is 1.30. The number of ether oxygens (including phenoxy) is 3. The Morgan fingerprint density at radius 2 is 1.44 bits per heavy atom. The SMILES string of the molecule is CCCCOC(=O)c1ccc(NC(=O)COc2ccc(S(=O)(=O)Nc3ccc(OC)cc3)cc2)cc1. The van der Waals surface area contributed by atoms with Crippen molar-refractivity contribution in [2.45, 2.75) is 24.7 Å². The molecule has 0 saturated carbocycles. The molecule has 10 heteroatoms. The van der Waals surface area contributed by atoms with Crippen LogP contribution in [0.25, 0.3) is 0 Å². The first-order chi connectivity index (χ1) is 17.3. The van der Waals surface area contributed by atoms with Gasteiger partial charge < -0.3 is 19.5 Å². The van der Waals surface area contributed by atoms with E-state index in [1.807, 2.05) is 6.92 Å². The summed E-state index contributed by atoms with van der Waals surface area (Å²) in [6.45, 7) is 2.10. The van der Waals surface area contributed by atoms with E-state index in [1.165, 1.54) is 31.4 Å². The van der Waals surface area contributed by atoms with Crippen molar-refractivity contribution in [3.8, 4) is 11.5 Å². The molecule has 2 N–H and O–H groups in total. The van der Waals surface area contributed by atoms with E-state index < -0.39 is 21.9 Å². The monoisotopic (exact) mass is 512 g/mol. The minimum absolute atomic E-state index is 0.0448. The van der Waals surface area contributed by atoms with E-state index in [0.29, 0.717) is 35.0 Å². The maximum Gasteiger partial charge on any atom is 0.338 e. The number of rotatable bonds is 12. The van der Waals surface area contributed by atoms with Gasteiger partial charge in [-0.15, -0.1) is 0 Å². The number of hydrogen-bond acceptors (Lipinski definition) is 7. The molecule has 3 aromatic rings. The lowest BCUT2D eigenvalue weighted by molar-refractivity contribution is -0.118. The molecule has 1 amide bonds. The molecule has 0 heterocycles. The van der Waals surface area contributed by atoms with Gasteiger partial charge in [-0.1, -0.05) is 13.3 Å². The molecule has 0 aliphatic carbocycles. The van der Waals surface area contributed by atoms with Gasteiger partial charge in [0.2, 0.25) is 0 Å². The molecular formula is C26H28N2O7S. The summed E-state index contributed by atoms with van der Waals surface area (Å²) in [6.07, 6.45) is 1.74. The third kappa shape index (κ3) is 7.74. The number of carbonyl (C=O) groups is 2. The molecular weight excluding hydrogens is 484 g/mol. The van der Waals surface area contributed by atoms with E-state index in [1.54, 1.807) is 48.5 Å². The zero-order valence-corrected chi connectivity index (χ0v) is 20.8. The highest BCUT2D eigenvalue weighted by atomic mass is 32.2. The lowest BCUT2D eigenvalue weighted by Gasteiger charge is -2.11. The van der Waals surface area contributed by atoms with Crippen LogP contribution in [-0.4, -0.2) is 40.6 Å². The van der Waals surface area contributed by atoms with E-state index in [9.17, 15) is 18.0 Å². The second kappa shape index (κ2) is 12.6. The van der Waals surface area contributed by atoms with Crippen LogP contribution in [-0.2, 0) is 19.6 Å². The van der Waals surface area contributed by atoms with Gasteiger partial charge >= 0.3 is 5.97 Å². The number of anilines is 2. The Hall–Kier alpha value is -4.05. The van der Waals surface area contributed by atoms with E-state index in [2.05, 4.69) is 10.0 Å². The maximum atomic E-state index is 12.6. The van der Waals surface area contributed by atoms with Gasteiger partial charge in [0.1, 0.15) is 11.5 Å². The van der Waals surface area contributed by atoms with Crippen LogP contribution < -0.4 is 19.5 Å². The van der Waals surface area contributed by atoms with Crippen molar-refractivity contribution in [2.24, 2.45) is 0 Å². The van der Waals surface area contributed by atoms with Crippen LogP contribution in [0.1, 0.15) is 30.1 Å². The van der Waals surface area contributed by atoms with Gasteiger partial charge in [0.05, 0.1) is 24.2 Å². The molecule has 3 aromatic carbocycles. The van der Waals surface area contributed by atoms with Crippen LogP contribution in [0.5, 0.6) is 11.5 Å². The summed E-state index contributed by atoms with van der Waals surface area (Å²) >= 11 is 0. The van der Waals surface area contributed by atoms with Crippen LogP contribution >= 0.6 is 0 Å². The average Bonchev–Trinajstić information content (AvgIpc) is 2.88. The summed E-state index contributed by atoms with van der Waals surface area (Å²) in [4.78, 5) is 24.2. The normalized spacial score (nSPS) is 10.8. The number of carbonyl (C=O) groups excluding carboxylic acids is 2. The van der Waals surface area contributed by atoms with Crippen LogP contribution in [0.4, 0.5) is 11.4 Å². The Kier molecular flexibility index (Phi) is 9.29. The lowest BCUT2D eigenvalue weighted by Crippen LogP contribution is -2.20. The second-order valence-electron chi connectivity index (χ2n) is 7.71. The molecule has 0 aromatic heterocycles. The van der Waals surface area contributed by atoms with Crippen molar-refractivity contribution in [3.63, 3.8) is 0 Å². The second-order valence-corrected chi connectivity index (χ2v) is 9.39. The third-order valence-corrected chi connectivity index (χ3v) is 6.38. The van der Waals surface area contributed by atoms with Gasteiger partial charge in [-0.05, 0) is 79.2 Å². The molecule has 0 atom stereocenters. The van der Waals surface area contributed by atoms with Crippen molar-refractivity contribution in [1.82, 2.24) is 0 Å². The minimum atomic E-state index is -3.80. The molecule has 0 unspecified atom stereocenters. The maximum absolute atomic E-state index is 12.6. The Bertz CT molecular complexity index is 1260. The zero-order chi connectivity index (χ0) is 26.0. The Labute approximate surface area is 210 Å². The van der Waals surface area contributed by atoms with Crippen molar-refractivity contribution < 1.29 is 32.2 Å². The molecule has 3 rings (SSSR count). The first kappa shape index (κ1) is 26.6. The quantitative estimate of drug-likeness (QED) is 0.271. The van der Waals surface area contributed by atoms with E-state index in [4.69, 9.17) is 14.2 Å². The fourth-order valence-corrected chi connectivity index (χ4v) is 4.07. The van der Waals surface area contributed by atoms with Gasteiger partial charge in [0.15, 0.2) is 6.61 Å². The molecule has 0 radical (unpaired) electrons. The van der Waals surface area contributed by atoms with Crippen LogP contribution in [0, 0.1) is 0 Å². The first-order valence-corrected chi connectivity index (χ1v) is 12.8. The smallest absolute Gasteiger partial charge is 0.338 e. The number of nitrogens with one attached hydrogen (secondary N) is 2. The summed E-state index contributed by atoms with van der Waals surface area (Å²) in [6, 6.07) is 18.5. The highest BCUT2D eigenvalue weighted by Gasteiger charge is 2.15. The predicted octanol–water partition coefficient (Wildman–Crippen LogP) is 4.47. The van der Waals surface area contributed by atoms with E-state index in [-0.39, 0.29) is 11.5 Å². The number of unbranched alkanes of at least 4 members (excludes halogenated alkanes) is 1. The molecule has 0 bridgehead atoms. The van der Waals surface area contributed by atoms with Crippen molar-refractivity contribution >= 4 is 33.3 Å². The van der Waals surface area contributed by atoms with Gasteiger partial charge in [-0.2, -0.15) is 0 Å². The molecule has 190 valence electrons. The minimum Gasteiger partial charge on any atom is -0.497 e. The molecule has 36 heavy (non-hydrogen) atoms. The zero-order valence-electron chi connectivity index (χ0n) is 20.0. The van der Waals surface area contributed by atoms with Gasteiger partial charge in [0, 0.05) is 11.4 Å². The van der Waals surface area contributed by atoms with Crippen molar-refractivity contribution in [2.75, 3.05) is 30.4 Å². The molecule has 9 nitrogen and oxygen atoms in total. The summed E-state index contributed by atoms with van der Waals surface area (Å²) in [7, 11) is -2.27. The molecule has 0 spiro atoms. The number of amides is 1. The summed E-state index contributed by atoms with van der Waals surface area (Å²) < 4.78 is 43.3.